The van der Waals surface area contributed by atoms with Crippen molar-refractivity contribution in [2.75, 3.05) is 0 Å². The Balaban J connectivity index is 2.32. The van der Waals surface area contributed by atoms with Crippen LogP contribution in [0, 0.1) is 0 Å². The van der Waals surface area contributed by atoms with E-state index in [0.29, 0.717) is 25.7 Å². The molecule has 0 unspecified atom stereocenters. The Bertz CT molecular complexity index is 448. The lowest BCUT2D eigenvalue weighted by molar-refractivity contribution is -0.137. The van der Waals surface area contributed by atoms with E-state index in [9.17, 15) is 20.1 Å². The molecule has 6 heteroatoms. The predicted octanol–water partition coefficient (Wildman–Crippen LogP) is 2.56. The summed E-state index contributed by atoms with van der Waals surface area (Å²) < 4.78 is 5.70. The number of aliphatic hydroxyl groups excluding tert-OH is 3. The van der Waals surface area contributed by atoms with Gasteiger partial charge in [-0.05, 0) is 32.1 Å². The standard InChI is InChI=1S/C20H34O6/c1-2-3-4-5-6-7-10-16(22)19-14-17(23)18(26-19)13-12-15(21)9-8-11-20(24)25/h6-7,12-13,15-19,21-23H,2-5,8-11,14H2,1H3,(H,24,25)/b7-6-,13-12+/t15-,16-,17-,18+,19+/m0/s1. The second kappa shape index (κ2) is 13.0. The zero-order valence-corrected chi connectivity index (χ0v) is 15.7. The number of carbonyl (C=O) groups is 1. The van der Waals surface area contributed by atoms with Crippen LogP contribution in [0.5, 0.6) is 0 Å². The molecule has 0 saturated carbocycles. The molecule has 1 aliphatic heterocycles. The van der Waals surface area contributed by atoms with E-state index in [1.165, 1.54) is 18.9 Å². The van der Waals surface area contributed by atoms with Crippen LogP contribution in [0.1, 0.15) is 64.7 Å². The van der Waals surface area contributed by atoms with Crippen LogP contribution in [0.3, 0.4) is 0 Å². The topological polar surface area (TPSA) is 107 Å². The molecule has 1 heterocycles. The fourth-order valence-electron chi connectivity index (χ4n) is 2.96. The molecule has 5 atom stereocenters. The minimum atomic E-state index is -0.882. The Labute approximate surface area is 156 Å². The van der Waals surface area contributed by atoms with Crippen molar-refractivity contribution in [3.8, 4) is 0 Å². The van der Waals surface area contributed by atoms with Gasteiger partial charge in [-0.1, -0.05) is 44.1 Å². The largest absolute Gasteiger partial charge is 0.481 e. The summed E-state index contributed by atoms with van der Waals surface area (Å²) in [6.45, 7) is 2.16. The molecular weight excluding hydrogens is 336 g/mol. The normalized spacial score (nSPS) is 25.9. The summed E-state index contributed by atoms with van der Waals surface area (Å²) in [5.74, 6) is -0.882. The van der Waals surface area contributed by atoms with Gasteiger partial charge in [0.25, 0.3) is 0 Å². The van der Waals surface area contributed by atoms with Crippen molar-refractivity contribution in [1.82, 2.24) is 0 Å². The molecule has 4 N–H and O–H groups in total. The molecule has 0 aromatic rings. The molecule has 26 heavy (non-hydrogen) atoms. The number of ether oxygens (including phenoxy) is 1. The molecule has 0 bridgehead atoms. The highest BCUT2D eigenvalue weighted by molar-refractivity contribution is 5.66. The Morgan fingerprint density at radius 1 is 1.23 bits per heavy atom. The summed E-state index contributed by atoms with van der Waals surface area (Å²) in [7, 11) is 0. The summed E-state index contributed by atoms with van der Waals surface area (Å²) in [5, 5.41) is 38.7. The third-order valence-electron chi connectivity index (χ3n) is 4.55. The molecule has 0 spiro atoms. The average Bonchev–Trinajstić information content (AvgIpc) is 2.96. The molecule has 150 valence electrons. The van der Waals surface area contributed by atoms with Crippen LogP contribution in [0.4, 0.5) is 0 Å². The van der Waals surface area contributed by atoms with Gasteiger partial charge in [0.2, 0.25) is 0 Å². The SMILES string of the molecule is CCCCC/C=C\C[C@H](O)[C@H]1C[C@H](O)[C@@H](/C=C/[C@@H](O)CCCC(=O)O)O1. The number of rotatable bonds is 13. The predicted molar refractivity (Wildman–Crippen MR) is 99.8 cm³/mol. The van der Waals surface area contributed by atoms with Gasteiger partial charge in [0, 0.05) is 12.8 Å². The fraction of sp³-hybridized carbons (Fsp3) is 0.750. The first kappa shape index (κ1) is 22.8. The van der Waals surface area contributed by atoms with Gasteiger partial charge in [-0.25, -0.2) is 0 Å². The van der Waals surface area contributed by atoms with Crippen LogP contribution in [0.2, 0.25) is 0 Å². The van der Waals surface area contributed by atoms with Crippen molar-refractivity contribution in [3.05, 3.63) is 24.3 Å². The van der Waals surface area contributed by atoms with Crippen LogP contribution in [0.15, 0.2) is 24.3 Å². The van der Waals surface area contributed by atoms with E-state index in [0.717, 1.165) is 12.8 Å². The van der Waals surface area contributed by atoms with Gasteiger partial charge in [0.1, 0.15) is 6.10 Å². The highest BCUT2D eigenvalue weighted by Gasteiger charge is 2.35. The quantitative estimate of drug-likeness (QED) is 0.293. The van der Waals surface area contributed by atoms with Gasteiger partial charge in [0.05, 0.1) is 24.4 Å². The van der Waals surface area contributed by atoms with Crippen molar-refractivity contribution >= 4 is 5.97 Å². The van der Waals surface area contributed by atoms with Gasteiger partial charge >= 0.3 is 5.97 Å². The number of carboxylic acids is 1. The number of hydrogen-bond acceptors (Lipinski definition) is 5. The summed E-state index contributed by atoms with van der Waals surface area (Å²) in [6, 6.07) is 0. The lowest BCUT2D eigenvalue weighted by Gasteiger charge is -2.16. The molecule has 1 fully saturated rings. The van der Waals surface area contributed by atoms with Gasteiger partial charge in [-0.15, -0.1) is 0 Å². The summed E-state index contributed by atoms with van der Waals surface area (Å²) >= 11 is 0. The molecular formula is C20H34O6. The highest BCUT2D eigenvalue weighted by Crippen LogP contribution is 2.25. The molecule has 6 nitrogen and oxygen atoms in total. The van der Waals surface area contributed by atoms with E-state index in [1.807, 2.05) is 6.08 Å². The molecule has 0 amide bonds. The van der Waals surface area contributed by atoms with Crippen LogP contribution in [-0.2, 0) is 9.53 Å². The molecule has 0 radical (unpaired) electrons. The van der Waals surface area contributed by atoms with Crippen LogP contribution < -0.4 is 0 Å². The second-order valence-corrected chi connectivity index (χ2v) is 6.95. The maximum absolute atomic E-state index is 10.5. The summed E-state index contributed by atoms with van der Waals surface area (Å²) in [5.41, 5.74) is 0. The van der Waals surface area contributed by atoms with Crippen LogP contribution in [-0.4, -0.2) is 56.9 Å². The number of aliphatic hydroxyl groups is 3. The van der Waals surface area contributed by atoms with E-state index < -0.39 is 36.5 Å². The van der Waals surface area contributed by atoms with Gasteiger partial charge < -0.3 is 25.2 Å². The molecule has 0 aliphatic carbocycles. The van der Waals surface area contributed by atoms with Crippen molar-refractivity contribution < 1.29 is 30.0 Å². The van der Waals surface area contributed by atoms with Gasteiger partial charge in [0.15, 0.2) is 0 Å². The summed E-state index contributed by atoms with van der Waals surface area (Å²) in [6.07, 6.45) is 10.2. The Morgan fingerprint density at radius 2 is 2.00 bits per heavy atom. The fourth-order valence-corrected chi connectivity index (χ4v) is 2.96. The number of carboxylic acid groups (broad SMARTS) is 1. The summed E-state index contributed by atoms with van der Waals surface area (Å²) in [4.78, 5) is 10.5. The monoisotopic (exact) mass is 370 g/mol. The lowest BCUT2D eigenvalue weighted by Crippen LogP contribution is -2.25. The van der Waals surface area contributed by atoms with E-state index in [-0.39, 0.29) is 6.42 Å². The minimum Gasteiger partial charge on any atom is -0.481 e. The molecule has 0 aromatic carbocycles. The highest BCUT2D eigenvalue weighted by atomic mass is 16.5. The van der Waals surface area contributed by atoms with Crippen LogP contribution in [0.25, 0.3) is 0 Å². The van der Waals surface area contributed by atoms with E-state index in [2.05, 4.69) is 13.0 Å². The van der Waals surface area contributed by atoms with Crippen molar-refractivity contribution in [3.63, 3.8) is 0 Å². The second-order valence-electron chi connectivity index (χ2n) is 6.95. The van der Waals surface area contributed by atoms with Crippen molar-refractivity contribution in [1.29, 1.82) is 0 Å². The average molecular weight is 370 g/mol. The Morgan fingerprint density at radius 3 is 2.69 bits per heavy atom. The minimum absolute atomic E-state index is 0.0215. The third kappa shape index (κ3) is 9.48. The van der Waals surface area contributed by atoms with E-state index >= 15 is 0 Å². The first-order valence-corrected chi connectivity index (χ1v) is 9.68. The number of aliphatic carboxylic acids is 1. The first-order valence-electron chi connectivity index (χ1n) is 9.68. The Hall–Kier alpha value is -1.21. The Kier molecular flexibility index (Phi) is 11.4. The van der Waals surface area contributed by atoms with E-state index in [1.54, 1.807) is 6.08 Å². The molecule has 0 aromatic heterocycles. The lowest BCUT2D eigenvalue weighted by atomic mass is 10.0. The third-order valence-corrected chi connectivity index (χ3v) is 4.55. The van der Waals surface area contributed by atoms with Crippen LogP contribution >= 0.6 is 0 Å². The van der Waals surface area contributed by atoms with Crippen molar-refractivity contribution in [2.24, 2.45) is 0 Å². The van der Waals surface area contributed by atoms with Crippen molar-refractivity contribution in [2.45, 2.75) is 95.2 Å². The smallest absolute Gasteiger partial charge is 0.303 e. The zero-order valence-electron chi connectivity index (χ0n) is 15.7. The zero-order chi connectivity index (χ0) is 19.4. The van der Waals surface area contributed by atoms with E-state index in [4.69, 9.17) is 9.84 Å². The molecule has 1 aliphatic rings. The molecule has 1 rings (SSSR count). The molecule has 1 saturated heterocycles. The first-order chi connectivity index (χ1) is 12.4. The number of hydrogen-bond donors (Lipinski definition) is 4. The number of unbranched alkanes of at least 4 members (excludes halogenated alkanes) is 3. The number of allylic oxidation sites excluding steroid dienone is 1. The van der Waals surface area contributed by atoms with Gasteiger partial charge in [-0.3, -0.25) is 4.79 Å². The van der Waals surface area contributed by atoms with Gasteiger partial charge in [-0.2, -0.15) is 0 Å². The maximum atomic E-state index is 10.5. The maximum Gasteiger partial charge on any atom is 0.303 e.